The first-order valence-corrected chi connectivity index (χ1v) is 6.08. The van der Waals surface area contributed by atoms with E-state index in [1.807, 2.05) is 13.2 Å². The molecule has 0 amide bonds. The molecule has 0 aliphatic heterocycles. The molecular weight excluding hydrogens is 233 g/mol. The predicted octanol–water partition coefficient (Wildman–Crippen LogP) is 2.48. The lowest BCUT2D eigenvalue weighted by Crippen LogP contribution is -2.34. The van der Waals surface area contributed by atoms with Crippen LogP contribution in [0.2, 0.25) is 0 Å². The van der Waals surface area contributed by atoms with Crippen molar-refractivity contribution in [2.45, 2.75) is 20.3 Å². The van der Waals surface area contributed by atoms with Crippen molar-refractivity contribution in [3.8, 4) is 0 Å². The van der Waals surface area contributed by atoms with Gasteiger partial charge in [0, 0.05) is 36.8 Å². The van der Waals surface area contributed by atoms with E-state index in [2.05, 4.69) is 24.2 Å². The normalized spacial score (nSPS) is 12.4. The van der Waals surface area contributed by atoms with Crippen LogP contribution in [-0.4, -0.2) is 26.8 Å². The summed E-state index contributed by atoms with van der Waals surface area (Å²) in [6, 6.07) is 0. The Morgan fingerprint density at radius 1 is 1.40 bits per heavy atom. The van der Waals surface area contributed by atoms with Gasteiger partial charge in [0.25, 0.3) is 0 Å². The van der Waals surface area contributed by atoms with Gasteiger partial charge in [-0.3, -0.25) is 4.68 Å². The highest BCUT2D eigenvalue weighted by Gasteiger charge is 2.33. The lowest BCUT2D eigenvalue weighted by Gasteiger charge is -2.33. The van der Waals surface area contributed by atoms with Crippen LogP contribution in [-0.2, 0) is 13.5 Å². The van der Waals surface area contributed by atoms with Crippen molar-refractivity contribution >= 4 is 23.2 Å². The van der Waals surface area contributed by atoms with Gasteiger partial charge in [-0.05, 0) is 5.92 Å². The highest BCUT2D eigenvalue weighted by Crippen LogP contribution is 2.34. The van der Waals surface area contributed by atoms with Crippen molar-refractivity contribution in [2.24, 2.45) is 18.4 Å². The number of nitrogens with zero attached hydrogens (tertiary/aromatic N) is 3. The van der Waals surface area contributed by atoms with Crippen LogP contribution in [0.4, 0.5) is 0 Å². The molecule has 15 heavy (non-hydrogen) atoms. The van der Waals surface area contributed by atoms with Crippen LogP contribution in [0.1, 0.15) is 19.5 Å². The topological polar surface area (TPSA) is 30.7 Å². The van der Waals surface area contributed by atoms with Gasteiger partial charge in [-0.2, -0.15) is 0 Å². The van der Waals surface area contributed by atoms with Crippen molar-refractivity contribution in [3.63, 3.8) is 0 Å². The minimum absolute atomic E-state index is 0.0842. The molecule has 1 aromatic heterocycles. The average molecular weight is 250 g/mol. The maximum Gasteiger partial charge on any atom is 0.0833 e. The Hall–Kier alpha value is -0.280. The summed E-state index contributed by atoms with van der Waals surface area (Å²) in [6.07, 6.45) is 2.70. The van der Waals surface area contributed by atoms with E-state index in [1.165, 1.54) is 0 Å². The fraction of sp³-hybridized carbons (Fsp3) is 0.800. The largest absolute Gasteiger partial charge is 0.255 e. The number of rotatable bonds is 5. The van der Waals surface area contributed by atoms with Crippen LogP contribution in [0, 0.1) is 11.3 Å². The van der Waals surface area contributed by atoms with Gasteiger partial charge in [0.2, 0.25) is 0 Å². The minimum atomic E-state index is -0.0842. The molecule has 1 heterocycles. The van der Waals surface area contributed by atoms with Crippen LogP contribution in [0.25, 0.3) is 0 Å². The molecule has 1 aromatic rings. The first-order valence-electron chi connectivity index (χ1n) is 5.01. The van der Waals surface area contributed by atoms with Crippen molar-refractivity contribution in [1.82, 2.24) is 15.0 Å². The quantitative estimate of drug-likeness (QED) is 0.751. The Kier molecular flexibility index (Phi) is 4.41. The average Bonchev–Trinajstić information content (AvgIpc) is 2.60. The van der Waals surface area contributed by atoms with Crippen LogP contribution in [0.5, 0.6) is 0 Å². The summed E-state index contributed by atoms with van der Waals surface area (Å²) in [4.78, 5) is 0. The van der Waals surface area contributed by atoms with E-state index in [4.69, 9.17) is 23.2 Å². The van der Waals surface area contributed by atoms with Crippen LogP contribution in [0.3, 0.4) is 0 Å². The molecule has 0 fully saturated rings. The van der Waals surface area contributed by atoms with E-state index in [1.54, 1.807) is 4.68 Å². The van der Waals surface area contributed by atoms with Gasteiger partial charge < -0.3 is 0 Å². The van der Waals surface area contributed by atoms with Gasteiger partial charge >= 0.3 is 0 Å². The summed E-state index contributed by atoms with van der Waals surface area (Å²) in [5, 5.41) is 7.98. The lowest BCUT2D eigenvalue weighted by atomic mass is 9.77. The van der Waals surface area contributed by atoms with E-state index in [9.17, 15) is 0 Å². The second-order valence-electron chi connectivity index (χ2n) is 4.34. The number of halogens is 2. The Bertz CT molecular complexity index is 305. The second-order valence-corrected chi connectivity index (χ2v) is 4.88. The highest BCUT2D eigenvalue weighted by atomic mass is 35.5. The fourth-order valence-electron chi connectivity index (χ4n) is 1.48. The first kappa shape index (κ1) is 12.8. The van der Waals surface area contributed by atoms with Crippen LogP contribution < -0.4 is 0 Å². The smallest absolute Gasteiger partial charge is 0.0833 e. The molecule has 0 unspecified atom stereocenters. The van der Waals surface area contributed by atoms with E-state index in [0.717, 1.165) is 12.1 Å². The molecule has 0 atom stereocenters. The zero-order valence-electron chi connectivity index (χ0n) is 9.37. The number of hydrogen-bond donors (Lipinski definition) is 0. The minimum Gasteiger partial charge on any atom is -0.255 e. The summed E-state index contributed by atoms with van der Waals surface area (Å²) in [5.41, 5.74) is 0.867. The van der Waals surface area contributed by atoms with Crippen molar-refractivity contribution in [3.05, 3.63) is 11.9 Å². The molecule has 5 heteroatoms. The number of hydrogen-bond acceptors (Lipinski definition) is 2. The number of aryl methyl sites for hydroxylation is 1. The predicted molar refractivity (Wildman–Crippen MR) is 63.4 cm³/mol. The van der Waals surface area contributed by atoms with Crippen LogP contribution in [0.15, 0.2) is 6.20 Å². The standard InChI is InChI=1S/C10H17Cl2N3/c1-8(2)10(6-11,7-12)4-9-5-15(3)14-13-9/h5,8H,4,6-7H2,1-3H3. The van der Waals surface area contributed by atoms with Crippen molar-refractivity contribution in [2.75, 3.05) is 11.8 Å². The zero-order chi connectivity index (χ0) is 11.5. The molecular formula is C10H17Cl2N3. The van der Waals surface area contributed by atoms with Crippen LogP contribution >= 0.6 is 23.2 Å². The molecule has 86 valence electrons. The van der Waals surface area contributed by atoms with Gasteiger partial charge in [0.05, 0.1) is 5.69 Å². The van der Waals surface area contributed by atoms with E-state index in [-0.39, 0.29) is 5.41 Å². The molecule has 0 radical (unpaired) electrons. The molecule has 3 nitrogen and oxygen atoms in total. The van der Waals surface area contributed by atoms with Gasteiger partial charge in [-0.1, -0.05) is 19.1 Å². The van der Waals surface area contributed by atoms with Gasteiger partial charge in [-0.15, -0.1) is 28.3 Å². The van der Waals surface area contributed by atoms with Gasteiger partial charge in [0.15, 0.2) is 0 Å². The number of aromatic nitrogens is 3. The molecule has 0 aliphatic rings. The number of alkyl halides is 2. The third-order valence-corrected chi connectivity index (χ3v) is 4.00. The first-order chi connectivity index (χ1) is 7.04. The Morgan fingerprint density at radius 3 is 2.33 bits per heavy atom. The van der Waals surface area contributed by atoms with Gasteiger partial charge in [0.1, 0.15) is 0 Å². The SMILES string of the molecule is CC(C)C(CCl)(CCl)Cc1cn(C)nn1. The zero-order valence-corrected chi connectivity index (χ0v) is 10.9. The van der Waals surface area contributed by atoms with E-state index in [0.29, 0.717) is 17.7 Å². The summed E-state index contributed by atoms with van der Waals surface area (Å²) in [7, 11) is 1.86. The summed E-state index contributed by atoms with van der Waals surface area (Å²) in [5.74, 6) is 1.52. The fourth-order valence-corrected chi connectivity index (χ4v) is 2.57. The van der Waals surface area contributed by atoms with Crippen molar-refractivity contribution in [1.29, 1.82) is 0 Å². The Balaban J connectivity index is 2.83. The molecule has 0 spiro atoms. The lowest BCUT2D eigenvalue weighted by molar-refractivity contribution is 0.256. The summed E-state index contributed by atoms with van der Waals surface area (Å²) in [6.45, 7) is 4.28. The van der Waals surface area contributed by atoms with E-state index >= 15 is 0 Å². The second kappa shape index (κ2) is 5.17. The third kappa shape index (κ3) is 2.85. The summed E-state index contributed by atoms with van der Waals surface area (Å²) < 4.78 is 1.70. The summed E-state index contributed by atoms with van der Waals surface area (Å²) >= 11 is 12.1. The Morgan fingerprint density at radius 2 is 2.00 bits per heavy atom. The molecule has 0 saturated heterocycles. The van der Waals surface area contributed by atoms with Gasteiger partial charge in [-0.25, -0.2) is 0 Å². The molecule has 0 bridgehead atoms. The Labute approximate surface area is 101 Å². The highest BCUT2D eigenvalue weighted by molar-refractivity contribution is 6.21. The molecule has 0 aromatic carbocycles. The monoisotopic (exact) mass is 249 g/mol. The van der Waals surface area contributed by atoms with E-state index < -0.39 is 0 Å². The molecule has 0 aliphatic carbocycles. The molecule has 1 rings (SSSR count). The maximum atomic E-state index is 6.04. The molecule has 0 N–H and O–H groups in total. The van der Waals surface area contributed by atoms with Crippen molar-refractivity contribution < 1.29 is 0 Å². The molecule has 0 saturated carbocycles. The maximum absolute atomic E-state index is 6.04. The third-order valence-electron chi connectivity index (χ3n) is 2.94.